The molecule has 2 heterocycles. The lowest BCUT2D eigenvalue weighted by atomic mass is 9.95. The minimum Gasteiger partial charge on any atom is -0.494 e. The summed E-state index contributed by atoms with van der Waals surface area (Å²) in [7, 11) is 0. The van der Waals surface area contributed by atoms with E-state index in [9.17, 15) is 9.90 Å². The smallest absolute Gasteiger partial charge is 0.320 e. The molecule has 1 aromatic heterocycles. The van der Waals surface area contributed by atoms with Crippen molar-refractivity contribution < 1.29 is 14.6 Å². The summed E-state index contributed by atoms with van der Waals surface area (Å²) in [5.74, 6) is 0.109. The van der Waals surface area contributed by atoms with E-state index in [-0.39, 0.29) is 6.04 Å². The zero-order chi connectivity index (χ0) is 16.9. The summed E-state index contributed by atoms with van der Waals surface area (Å²) in [4.78, 5) is 15.1. The summed E-state index contributed by atoms with van der Waals surface area (Å²) in [6.07, 6.45) is 2.72. The molecule has 3 rings (SSSR count). The van der Waals surface area contributed by atoms with Gasteiger partial charge in [-0.3, -0.25) is 9.69 Å². The average Bonchev–Trinajstić information content (AvgIpc) is 3.10. The molecule has 0 bridgehead atoms. The average molecular weight is 345 g/mol. The quantitative estimate of drug-likeness (QED) is 0.853. The Hall–Kier alpha value is -1.85. The molecule has 1 aromatic carbocycles. The van der Waals surface area contributed by atoms with Crippen LogP contribution in [0, 0.1) is 0 Å². The number of likely N-dealkylation sites (tertiary alicyclic amines) is 1. The van der Waals surface area contributed by atoms with E-state index in [1.54, 1.807) is 11.3 Å². The van der Waals surface area contributed by atoms with Crippen LogP contribution in [0.3, 0.4) is 0 Å². The van der Waals surface area contributed by atoms with Gasteiger partial charge in [-0.25, -0.2) is 0 Å². The van der Waals surface area contributed by atoms with Crippen molar-refractivity contribution in [1.82, 2.24) is 4.90 Å². The number of thiophene rings is 1. The Kier molecular flexibility index (Phi) is 5.53. The number of aliphatic carboxylic acids is 1. The second kappa shape index (κ2) is 7.81. The fourth-order valence-corrected chi connectivity index (χ4v) is 4.31. The van der Waals surface area contributed by atoms with E-state index in [4.69, 9.17) is 4.74 Å². The van der Waals surface area contributed by atoms with E-state index in [0.29, 0.717) is 13.0 Å². The molecule has 4 nitrogen and oxygen atoms in total. The number of nitrogens with zero attached hydrogens (tertiary/aromatic N) is 1. The van der Waals surface area contributed by atoms with Gasteiger partial charge in [-0.1, -0.05) is 24.6 Å². The molecule has 0 aliphatic carbocycles. The number of rotatable bonds is 6. The molecule has 0 radical (unpaired) electrons. The molecule has 0 spiro atoms. The number of carboxylic acids is 1. The lowest BCUT2D eigenvalue weighted by molar-refractivity contribution is -0.145. The highest BCUT2D eigenvalue weighted by Crippen LogP contribution is 2.37. The van der Waals surface area contributed by atoms with Crippen LogP contribution in [-0.4, -0.2) is 35.2 Å². The maximum atomic E-state index is 11.8. The third-order valence-electron chi connectivity index (χ3n) is 4.46. The first kappa shape index (κ1) is 17.0. The zero-order valence-corrected chi connectivity index (χ0v) is 14.7. The normalized spacial score (nSPS) is 19.8. The molecule has 1 aliphatic rings. The number of hydrogen-bond donors (Lipinski definition) is 1. The van der Waals surface area contributed by atoms with Crippen LogP contribution in [0.1, 0.15) is 42.7 Å². The van der Waals surface area contributed by atoms with Crippen LogP contribution in [0.25, 0.3) is 0 Å². The Bertz CT molecular complexity index is 671. The number of carboxylic acid groups (broad SMARTS) is 1. The molecule has 2 atom stereocenters. The van der Waals surface area contributed by atoms with Gasteiger partial charge >= 0.3 is 5.97 Å². The molecule has 1 N–H and O–H groups in total. The zero-order valence-electron chi connectivity index (χ0n) is 13.9. The van der Waals surface area contributed by atoms with Crippen molar-refractivity contribution in [1.29, 1.82) is 0 Å². The fourth-order valence-electron chi connectivity index (χ4n) is 3.44. The summed E-state index contributed by atoms with van der Waals surface area (Å²) in [5, 5.41) is 11.7. The molecule has 2 aromatic rings. The van der Waals surface area contributed by atoms with Gasteiger partial charge in [-0.2, -0.15) is 0 Å². The van der Waals surface area contributed by atoms with Crippen molar-refractivity contribution in [2.45, 2.75) is 38.3 Å². The van der Waals surface area contributed by atoms with Gasteiger partial charge in [0.2, 0.25) is 0 Å². The monoisotopic (exact) mass is 345 g/mol. The fraction of sp³-hybridized carbons (Fsp3) is 0.421. The predicted molar refractivity (Wildman–Crippen MR) is 95.8 cm³/mol. The van der Waals surface area contributed by atoms with Gasteiger partial charge in [0.1, 0.15) is 11.8 Å². The second-order valence-electron chi connectivity index (χ2n) is 6.01. The van der Waals surface area contributed by atoms with Crippen LogP contribution < -0.4 is 4.74 Å². The summed E-state index contributed by atoms with van der Waals surface area (Å²) in [6, 6.07) is 11.7. The standard InChI is InChI=1S/C19H23NO3S/c1-2-23-15-8-5-7-14(13-15)18(17-10-6-12-24-17)20-11-4-3-9-16(20)19(21)22/h5-8,10,12-13,16,18H,2-4,9,11H2,1H3,(H,21,22). The van der Waals surface area contributed by atoms with E-state index in [1.165, 1.54) is 4.88 Å². The molecular formula is C19H23NO3S. The minimum atomic E-state index is -0.725. The van der Waals surface area contributed by atoms with Gasteiger partial charge < -0.3 is 9.84 Å². The van der Waals surface area contributed by atoms with Crippen molar-refractivity contribution in [3.05, 3.63) is 52.2 Å². The van der Waals surface area contributed by atoms with Crippen molar-refractivity contribution in [3.8, 4) is 5.75 Å². The van der Waals surface area contributed by atoms with Crippen LogP contribution >= 0.6 is 11.3 Å². The number of piperidine rings is 1. The maximum absolute atomic E-state index is 11.8. The van der Waals surface area contributed by atoms with Gasteiger partial charge in [0.05, 0.1) is 12.6 Å². The highest BCUT2D eigenvalue weighted by molar-refractivity contribution is 7.10. The van der Waals surface area contributed by atoms with Crippen molar-refractivity contribution in [2.75, 3.05) is 13.2 Å². The Morgan fingerprint density at radius 1 is 1.38 bits per heavy atom. The van der Waals surface area contributed by atoms with Gasteiger partial charge in [-0.05, 0) is 55.5 Å². The van der Waals surface area contributed by atoms with Crippen molar-refractivity contribution in [2.24, 2.45) is 0 Å². The largest absolute Gasteiger partial charge is 0.494 e. The third-order valence-corrected chi connectivity index (χ3v) is 5.38. The summed E-state index contributed by atoms with van der Waals surface area (Å²) < 4.78 is 5.64. The van der Waals surface area contributed by atoms with E-state index >= 15 is 0 Å². The number of hydrogen-bond acceptors (Lipinski definition) is 4. The number of carbonyl (C=O) groups is 1. The van der Waals surface area contributed by atoms with Gasteiger partial charge in [0.25, 0.3) is 0 Å². The Morgan fingerprint density at radius 3 is 2.96 bits per heavy atom. The van der Waals surface area contributed by atoms with Crippen LogP contribution in [0.4, 0.5) is 0 Å². The Morgan fingerprint density at radius 2 is 2.25 bits per heavy atom. The number of benzene rings is 1. The molecule has 1 fully saturated rings. The molecule has 1 saturated heterocycles. The Labute approximate surface area is 146 Å². The first-order valence-electron chi connectivity index (χ1n) is 8.45. The highest BCUT2D eigenvalue weighted by Gasteiger charge is 2.35. The molecule has 1 aliphatic heterocycles. The van der Waals surface area contributed by atoms with E-state index < -0.39 is 12.0 Å². The van der Waals surface area contributed by atoms with Crippen LogP contribution in [0.5, 0.6) is 5.75 Å². The van der Waals surface area contributed by atoms with E-state index in [0.717, 1.165) is 30.7 Å². The molecule has 5 heteroatoms. The van der Waals surface area contributed by atoms with Crippen molar-refractivity contribution >= 4 is 17.3 Å². The predicted octanol–water partition coefficient (Wildman–Crippen LogP) is 4.18. The SMILES string of the molecule is CCOc1cccc(C(c2cccs2)N2CCCCC2C(=O)O)c1. The molecular weight excluding hydrogens is 322 g/mol. The van der Waals surface area contributed by atoms with Crippen LogP contribution in [0.2, 0.25) is 0 Å². The van der Waals surface area contributed by atoms with E-state index in [2.05, 4.69) is 22.4 Å². The molecule has 0 saturated carbocycles. The van der Waals surface area contributed by atoms with Crippen LogP contribution in [-0.2, 0) is 4.79 Å². The lowest BCUT2D eigenvalue weighted by Crippen LogP contribution is -2.46. The molecule has 24 heavy (non-hydrogen) atoms. The topological polar surface area (TPSA) is 49.8 Å². The summed E-state index contributed by atoms with van der Waals surface area (Å²) in [5.41, 5.74) is 1.09. The summed E-state index contributed by atoms with van der Waals surface area (Å²) in [6.45, 7) is 3.39. The molecule has 128 valence electrons. The van der Waals surface area contributed by atoms with Crippen molar-refractivity contribution in [3.63, 3.8) is 0 Å². The minimum absolute atomic E-state index is 0.0354. The first-order chi connectivity index (χ1) is 11.7. The molecule has 0 amide bonds. The highest BCUT2D eigenvalue weighted by atomic mass is 32.1. The van der Waals surface area contributed by atoms with Gasteiger partial charge in [0.15, 0.2) is 0 Å². The van der Waals surface area contributed by atoms with E-state index in [1.807, 2.05) is 31.2 Å². The summed E-state index contributed by atoms with van der Waals surface area (Å²) >= 11 is 1.68. The number of ether oxygens (including phenoxy) is 1. The van der Waals surface area contributed by atoms with Gasteiger partial charge in [0, 0.05) is 4.88 Å². The third kappa shape index (κ3) is 3.62. The first-order valence-corrected chi connectivity index (χ1v) is 9.33. The molecule has 2 unspecified atom stereocenters. The Balaban J connectivity index is 2.00. The van der Waals surface area contributed by atoms with Crippen LogP contribution in [0.15, 0.2) is 41.8 Å². The second-order valence-corrected chi connectivity index (χ2v) is 6.99. The lowest BCUT2D eigenvalue weighted by Gasteiger charge is -2.39. The van der Waals surface area contributed by atoms with Gasteiger partial charge in [-0.15, -0.1) is 11.3 Å². The maximum Gasteiger partial charge on any atom is 0.320 e.